The van der Waals surface area contributed by atoms with E-state index in [1.807, 2.05) is 75.2 Å². The Bertz CT molecular complexity index is 1580. The molecule has 3 rings (SSSR count). The molecule has 3 N–H and O–H groups in total. The van der Waals surface area contributed by atoms with Crippen LogP contribution in [0.5, 0.6) is 0 Å². The Morgan fingerprint density at radius 3 is 1.93 bits per heavy atom. The predicted octanol–water partition coefficient (Wildman–Crippen LogP) is 2.99. The van der Waals surface area contributed by atoms with E-state index in [0.29, 0.717) is 11.4 Å². The summed E-state index contributed by atoms with van der Waals surface area (Å²) in [7, 11) is -1.17. The zero-order valence-electron chi connectivity index (χ0n) is 24.4. The van der Waals surface area contributed by atoms with Crippen molar-refractivity contribution in [1.82, 2.24) is 0 Å². The average molecular weight is 656 g/mol. The molecule has 0 aliphatic heterocycles. The summed E-state index contributed by atoms with van der Waals surface area (Å²) in [5.41, 5.74) is 9.58. The Kier molecular flexibility index (Phi) is 13.2. The summed E-state index contributed by atoms with van der Waals surface area (Å²) in [6, 6.07) is 10.1. The summed E-state index contributed by atoms with van der Waals surface area (Å²) >= 11 is 9.51. The summed E-state index contributed by atoms with van der Waals surface area (Å²) in [4.78, 5) is 8.62. The van der Waals surface area contributed by atoms with Gasteiger partial charge in [-0.15, -0.1) is 4.33 Å². The molecule has 1 aliphatic carbocycles. The Morgan fingerprint density at radius 1 is 0.929 bits per heavy atom. The van der Waals surface area contributed by atoms with Crippen molar-refractivity contribution in [3.8, 4) is 0 Å². The van der Waals surface area contributed by atoms with Gasteiger partial charge in [-0.05, 0) is 69.3 Å². The summed E-state index contributed by atoms with van der Waals surface area (Å²) in [5.74, 6) is 0. The minimum atomic E-state index is -3.59. The highest BCUT2D eigenvalue weighted by molar-refractivity contribution is 8.30. The molecule has 230 valence electrons. The fraction of sp³-hybridized carbons (Fsp3) is 0.333. The Labute approximate surface area is 257 Å². The molecule has 0 aromatic heterocycles. The molecule has 0 radical (unpaired) electrons. The van der Waals surface area contributed by atoms with Crippen LogP contribution in [0.15, 0.2) is 75.5 Å². The highest BCUT2D eigenvalue weighted by atomic mass is 32.8. The van der Waals surface area contributed by atoms with Crippen molar-refractivity contribution in [1.29, 1.82) is 0 Å². The zero-order valence-corrected chi connectivity index (χ0v) is 27.6. The van der Waals surface area contributed by atoms with E-state index in [2.05, 4.69) is 36.3 Å². The van der Waals surface area contributed by atoms with E-state index in [4.69, 9.17) is 22.2 Å². The predicted molar refractivity (Wildman–Crippen MR) is 175 cm³/mol. The van der Waals surface area contributed by atoms with Gasteiger partial charge in [-0.1, -0.05) is 0 Å². The van der Waals surface area contributed by atoms with E-state index < -0.39 is 17.5 Å². The fourth-order valence-electron chi connectivity index (χ4n) is 3.56. The van der Waals surface area contributed by atoms with Gasteiger partial charge in [0, 0.05) is 73.1 Å². The molecular formula is C27H37N5O6S4. The van der Waals surface area contributed by atoms with Crippen molar-refractivity contribution >= 4 is 74.1 Å². The van der Waals surface area contributed by atoms with Gasteiger partial charge < -0.3 is 25.1 Å². The largest absolute Gasteiger partial charge is 0.708 e. The number of nitrogens with two attached hydrogens (primary N) is 1. The van der Waals surface area contributed by atoms with Gasteiger partial charge in [-0.25, -0.2) is 23.2 Å². The number of benzene rings is 2. The highest BCUT2D eigenvalue weighted by Crippen LogP contribution is 2.31. The van der Waals surface area contributed by atoms with E-state index in [9.17, 15) is 13.7 Å². The van der Waals surface area contributed by atoms with Crippen LogP contribution in [0, 0.1) is 0 Å². The van der Waals surface area contributed by atoms with Crippen LogP contribution in [0.2, 0.25) is 0 Å². The summed E-state index contributed by atoms with van der Waals surface area (Å²) in [6.07, 6.45) is 7.63. The van der Waals surface area contributed by atoms with Crippen LogP contribution in [0.3, 0.4) is 0 Å². The number of nitrogen functional groups attached to an aromatic ring is 1. The first-order chi connectivity index (χ1) is 19.7. The normalized spacial score (nSPS) is 15.2. The van der Waals surface area contributed by atoms with Crippen molar-refractivity contribution in [2.24, 2.45) is 4.99 Å². The molecule has 0 saturated carbocycles. The quantitative estimate of drug-likeness (QED) is 0.128. The van der Waals surface area contributed by atoms with Crippen LogP contribution in [0.25, 0.3) is 0 Å². The van der Waals surface area contributed by atoms with Crippen LogP contribution in [-0.4, -0.2) is 70.5 Å². The molecule has 0 bridgehead atoms. The van der Waals surface area contributed by atoms with Crippen molar-refractivity contribution in [3.05, 3.63) is 60.7 Å². The van der Waals surface area contributed by atoms with Crippen LogP contribution >= 0.6 is 0 Å². The maximum Gasteiger partial charge on any atom is 0.204 e. The second kappa shape index (κ2) is 15.6. The lowest BCUT2D eigenvalue weighted by molar-refractivity contribution is -0.633. The number of hydrogen-bond acceptors (Lipinski definition) is 12. The minimum Gasteiger partial charge on any atom is -0.708 e. The van der Waals surface area contributed by atoms with Gasteiger partial charge in [-0.2, -0.15) is 0 Å². The number of rotatable bonds is 10. The molecule has 42 heavy (non-hydrogen) atoms. The molecule has 2 aromatic rings. The van der Waals surface area contributed by atoms with Crippen LogP contribution in [-0.2, 0) is 48.6 Å². The first-order valence-electron chi connectivity index (χ1n) is 12.9. The van der Waals surface area contributed by atoms with Gasteiger partial charge >= 0.3 is 0 Å². The second-order valence-electron chi connectivity index (χ2n) is 9.10. The molecule has 2 atom stereocenters. The molecule has 0 amide bonds. The summed E-state index contributed by atoms with van der Waals surface area (Å²) in [5, 5.41) is 19.4. The molecule has 15 heteroatoms. The summed E-state index contributed by atoms with van der Waals surface area (Å²) in [6.45, 7) is 8.46. The van der Waals surface area contributed by atoms with Crippen LogP contribution in [0.1, 0.15) is 20.8 Å². The first-order valence-corrected chi connectivity index (χ1v) is 17.7. The standard InChI is InChI=1S/C18H23N3O3S2.C9H14N2O3S2/c1-5-20(3)15-9-7-14(8-10-15)19-17-12-11-16(21(4)6-2)13-18(17)26(23,25)24-22;1-3-11(2)7-4-5-8(10)9(6-7)16(13,15)14-12/h7-13H,5-6H2,1-4H3;4-6,12H,3,10H2,1-2H3. The van der Waals surface area contributed by atoms with Gasteiger partial charge in [0.15, 0.2) is 14.5 Å². The topological polar surface area (TPSA) is 144 Å². The van der Waals surface area contributed by atoms with Gasteiger partial charge in [0.1, 0.15) is 13.6 Å². The molecule has 2 unspecified atom stereocenters. The lowest BCUT2D eigenvalue weighted by Gasteiger charge is -2.20. The lowest BCUT2D eigenvalue weighted by atomic mass is 10.1. The lowest BCUT2D eigenvalue weighted by Crippen LogP contribution is -2.18. The van der Waals surface area contributed by atoms with E-state index in [-0.39, 0.29) is 15.5 Å². The third-order valence-corrected chi connectivity index (χ3v) is 10.1. The molecule has 2 aromatic carbocycles. The van der Waals surface area contributed by atoms with Gasteiger partial charge in [-0.3, -0.25) is 0 Å². The Balaban J connectivity index is 0.000000330. The average Bonchev–Trinajstić information content (AvgIpc) is 3.00. The minimum absolute atomic E-state index is 0.120. The third-order valence-electron chi connectivity index (χ3n) is 6.51. The van der Waals surface area contributed by atoms with Crippen molar-refractivity contribution < 1.29 is 32.2 Å². The van der Waals surface area contributed by atoms with E-state index in [1.54, 1.807) is 30.3 Å². The first kappa shape index (κ1) is 35.4. The van der Waals surface area contributed by atoms with Gasteiger partial charge in [0.05, 0.1) is 26.9 Å². The number of hydrogen-bond donors (Lipinski definition) is 2. The van der Waals surface area contributed by atoms with E-state index in [1.165, 1.54) is 0 Å². The molecular weight excluding hydrogens is 619 g/mol. The van der Waals surface area contributed by atoms with Crippen molar-refractivity contribution in [2.75, 3.05) is 56.3 Å². The zero-order chi connectivity index (χ0) is 31.7. The summed E-state index contributed by atoms with van der Waals surface area (Å²) < 4.78 is 33.9. The SMILES string of the molecule is CCN(C)c1ccc(N)c(S(=O)(=S)OO)c1.CCN(C)c1ccc(N=C2C=CC(=[N+](C)CC)C=C2)c(S(=O)(=S)O[O-])c1. The monoisotopic (exact) mass is 655 g/mol. The fourth-order valence-corrected chi connectivity index (χ4v) is 5.80. The molecule has 0 fully saturated rings. The Hall–Kier alpha value is -2.76. The number of allylic oxidation sites excluding steroid dienone is 4. The highest BCUT2D eigenvalue weighted by Gasteiger charge is 2.17. The molecule has 0 heterocycles. The number of anilines is 3. The van der Waals surface area contributed by atoms with Gasteiger partial charge in [0.25, 0.3) is 0 Å². The van der Waals surface area contributed by atoms with Crippen molar-refractivity contribution in [3.63, 3.8) is 0 Å². The van der Waals surface area contributed by atoms with E-state index in [0.717, 1.165) is 36.7 Å². The van der Waals surface area contributed by atoms with Crippen LogP contribution < -0.4 is 20.8 Å². The molecule has 0 spiro atoms. The maximum absolute atomic E-state index is 12.4. The molecule has 11 nitrogen and oxygen atoms in total. The van der Waals surface area contributed by atoms with Crippen molar-refractivity contribution in [2.45, 2.75) is 30.6 Å². The molecule has 0 saturated heterocycles. The Morgan fingerprint density at radius 2 is 1.45 bits per heavy atom. The van der Waals surface area contributed by atoms with Crippen LogP contribution in [0.4, 0.5) is 22.7 Å². The number of nitrogens with zero attached hydrogens (tertiary/aromatic N) is 4. The third kappa shape index (κ3) is 9.12. The van der Waals surface area contributed by atoms with E-state index >= 15 is 0 Å². The van der Waals surface area contributed by atoms with Gasteiger partial charge in [0.2, 0.25) is 8.77 Å². The molecule has 1 aliphatic rings. The second-order valence-corrected chi connectivity index (χ2v) is 14.7. The smallest absolute Gasteiger partial charge is 0.204 e. The number of aliphatic imine (C=N–C) groups is 1. The maximum atomic E-state index is 12.4.